The first-order valence-electron chi connectivity index (χ1n) is 32.1. The van der Waals surface area contributed by atoms with E-state index in [-0.39, 0.29) is 122 Å². The van der Waals surface area contributed by atoms with Crippen LogP contribution in [0.4, 0.5) is 5.69 Å². The third-order valence-corrected chi connectivity index (χ3v) is 15.7. The van der Waals surface area contributed by atoms with Crippen LogP contribution in [0.25, 0.3) is 0 Å². The lowest BCUT2D eigenvalue weighted by Crippen LogP contribution is -2.45. The van der Waals surface area contributed by atoms with Crippen LogP contribution < -0.4 is 37.0 Å². The minimum atomic E-state index is -3.89. The van der Waals surface area contributed by atoms with Gasteiger partial charge in [-0.3, -0.25) is 47.9 Å². The number of nitrogens with two attached hydrogens (primary N) is 1. The fraction of sp³-hybridized carbons (Fsp3) is 0.721. The number of aryl methyl sites for hydroxylation is 1. The van der Waals surface area contributed by atoms with Gasteiger partial charge in [-0.2, -0.15) is 5.21 Å². The summed E-state index contributed by atoms with van der Waals surface area (Å²) in [6.07, 6.45) is 16.3. The molecule has 0 saturated heterocycles. The van der Waals surface area contributed by atoms with Crippen molar-refractivity contribution in [2.24, 2.45) is 11.7 Å². The smallest absolute Gasteiger partial charge is 0.326 e. The van der Waals surface area contributed by atoms with Gasteiger partial charge < -0.3 is 61.5 Å². The molecule has 6 amide bonds. The van der Waals surface area contributed by atoms with Crippen molar-refractivity contribution >= 4 is 74.7 Å². The Hall–Kier alpha value is -7.02. The molecule has 91 heavy (non-hydrogen) atoms. The molecule has 514 valence electrons. The highest BCUT2D eigenvalue weighted by Crippen LogP contribution is 2.16. The maximum atomic E-state index is 12.6. The Labute approximate surface area is 534 Å². The Morgan fingerprint density at radius 1 is 0.549 bits per heavy atom. The highest BCUT2D eigenvalue weighted by molar-refractivity contribution is 7.90. The van der Waals surface area contributed by atoms with Crippen LogP contribution in [0.5, 0.6) is 0 Å². The maximum Gasteiger partial charge on any atom is 0.326 e. The number of carbonyl (C=O) groups excluding carboxylic acids is 8. The van der Waals surface area contributed by atoms with Gasteiger partial charge in [-0.15, -0.1) is 10.2 Å². The average Bonchev–Trinajstić information content (AvgIpc) is 4.23. The third kappa shape index (κ3) is 43.4. The van der Waals surface area contributed by atoms with E-state index < -0.39 is 94.7 Å². The van der Waals surface area contributed by atoms with E-state index >= 15 is 0 Å². The van der Waals surface area contributed by atoms with Crippen LogP contribution in [0.15, 0.2) is 24.3 Å². The number of carboxylic acids is 2. The highest BCUT2D eigenvalue weighted by Gasteiger charge is 2.26. The number of ketones is 2. The lowest BCUT2D eigenvalue weighted by atomic mass is 9.97. The van der Waals surface area contributed by atoms with Crippen LogP contribution in [-0.4, -0.2) is 189 Å². The van der Waals surface area contributed by atoms with Gasteiger partial charge in [0.2, 0.25) is 39.6 Å². The van der Waals surface area contributed by atoms with E-state index in [4.69, 9.17) is 24.7 Å². The number of unbranched alkanes of at least 4 members (excludes halogenated alkanes) is 13. The number of aromatic nitrogens is 4. The van der Waals surface area contributed by atoms with Crippen LogP contribution in [0.1, 0.15) is 196 Å². The van der Waals surface area contributed by atoms with Crippen molar-refractivity contribution in [1.82, 2.24) is 46.6 Å². The van der Waals surface area contributed by atoms with Crippen LogP contribution in [0.2, 0.25) is 0 Å². The van der Waals surface area contributed by atoms with Crippen LogP contribution >= 0.6 is 0 Å². The number of amides is 6. The Morgan fingerprint density at radius 2 is 1.16 bits per heavy atom. The number of nitrogens with one attached hydrogen (secondary N) is 7. The Bertz CT molecular complexity index is 2540. The summed E-state index contributed by atoms with van der Waals surface area (Å²) < 4.78 is 48.3. The van der Waals surface area contributed by atoms with Gasteiger partial charge >= 0.3 is 11.9 Å². The molecule has 11 N–H and O–H groups in total. The molecular formula is C61H101N11O18S. The molecule has 1 aromatic heterocycles. The fourth-order valence-electron chi connectivity index (χ4n) is 9.23. The first kappa shape index (κ1) is 80.1. The number of aromatic amines is 1. The predicted octanol–water partition coefficient (Wildman–Crippen LogP) is 4.14. The van der Waals surface area contributed by atoms with E-state index in [1.807, 2.05) is 12.1 Å². The number of primary amides is 1. The van der Waals surface area contributed by atoms with Crippen molar-refractivity contribution in [2.75, 3.05) is 83.6 Å². The number of benzene rings is 1. The molecule has 0 unspecified atom stereocenters. The number of carbonyl (C=O) groups is 10. The number of hydrogen-bond acceptors (Lipinski definition) is 20. The summed E-state index contributed by atoms with van der Waals surface area (Å²) in [5, 5.41) is 46.8. The van der Waals surface area contributed by atoms with Gasteiger partial charge in [-0.05, 0) is 88.5 Å². The molecule has 2 rings (SSSR count). The van der Waals surface area contributed by atoms with Gasteiger partial charge in [-0.25, -0.2) is 13.2 Å². The second kappa shape index (κ2) is 50.6. The minimum Gasteiger partial charge on any atom is -0.481 e. The van der Waals surface area contributed by atoms with Gasteiger partial charge in [0.15, 0.2) is 11.6 Å². The standard InChI is InChI=1S/C61H101N11O18S/c1-2-33-63-48-28-25-46(26-29-48)59(80)65-34-17-16-21-51(58(62)79)66-57(78)45-90-41-38-87-36-18-20-49(73)30-31-52(61(83)84)67-55(76)32-27-47(60(81)82)43-50(74)44-89-40-39-88-37-35-64-54(75)24-19-42-91(85,86)70-56(77)23-15-13-11-9-7-5-3-4-6-8-10-12-14-22-53-68-71-72-69-53/h25-26,28-29,47,51-52,63H,2-24,27,30-45H2,1H3,(H2,62,79)(H,64,75)(H,65,80)(H,66,78)(H,67,76)(H,70,77)(H,81,82)(H,83,84)(H,68,69,71,72)/t47-,51+,52+/m1/s1. The lowest BCUT2D eigenvalue weighted by Gasteiger charge is -2.16. The van der Waals surface area contributed by atoms with Crippen LogP contribution in [-0.2, 0) is 78.5 Å². The SMILES string of the molecule is CCCNc1ccc(C(=O)NCCCC[C@H](NC(=O)COCCOCCCC(=O)CC[C@H](NC(=O)CC[C@H](CC(=O)COCCOCCNC(=O)CCCS(=O)(=O)NC(=O)CCCCCCCCCCCCCCCc2nn[nH]n2)C(=O)O)C(=O)O)C(N)=O)cc1. The number of Topliss-reactive ketones (excluding diaryl/α,β-unsaturated/α-hetero) is 2. The molecule has 0 aliphatic rings. The number of tetrazole rings is 1. The molecule has 30 heteroatoms. The summed E-state index contributed by atoms with van der Waals surface area (Å²) in [6, 6.07) is 4.80. The number of sulfonamides is 1. The van der Waals surface area contributed by atoms with Gasteiger partial charge in [-0.1, -0.05) is 82.8 Å². The van der Waals surface area contributed by atoms with Gasteiger partial charge in [0, 0.05) is 82.4 Å². The van der Waals surface area contributed by atoms with E-state index in [9.17, 15) is 66.6 Å². The Morgan fingerprint density at radius 3 is 1.79 bits per heavy atom. The lowest BCUT2D eigenvalue weighted by molar-refractivity contribution is -0.145. The topological polar surface area (TPSA) is 435 Å². The zero-order valence-corrected chi connectivity index (χ0v) is 53.9. The second-order valence-electron chi connectivity index (χ2n) is 22.3. The van der Waals surface area contributed by atoms with E-state index in [2.05, 4.69) is 58.9 Å². The molecule has 2 aromatic rings. The summed E-state index contributed by atoms with van der Waals surface area (Å²) in [4.78, 5) is 123. The molecule has 1 heterocycles. The molecule has 0 fully saturated rings. The van der Waals surface area contributed by atoms with Crippen LogP contribution in [0.3, 0.4) is 0 Å². The maximum absolute atomic E-state index is 12.6. The number of nitrogens with zero attached hydrogens (tertiary/aromatic N) is 3. The van der Waals surface area contributed by atoms with E-state index in [0.29, 0.717) is 37.8 Å². The van der Waals surface area contributed by atoms with E-state index in [1.165, 1.54) is 44.9 Å². The summed E-state index contributed by atoms with van der Waals surface area (Å²) in [7, 11) is -3.89. The summed E-state index contributed by atoms with van der Waals surface area (Å²) >= 11 is 0. The van der Waals surface area contributed by atoms with Crippen molar-refractivity contribution < 1.29 is 85.5 Å². The monoisotopic (exact) mass is 1310 g/mol. The molecule has 3 atom stereocenters. The largest absolute Gasteiger partial charge is 0.481 e. The third-order valence-electron chi connectivity index (χ3n) is 14.3. The van der Waals surface area contributed by atoms with E-state index in [1.54, 1.807) is 12.1 Å². The van der Waals surface area contributed by atoms with Gasteiger partial charge in [0.05, 0.1) is 44.7 Å². The highest BCUT2D eigenvalue weighted by atomic mass is 32.2. The van der Waals surface area contributed by atoms with E-state index in [0.717, 1.165) is 63.0 Å². The first-order chi connectivity index (χ1) is 43.8. The molecular weight excluding hydrogens is 1210 g/mol. The molecule has 29 nitrogen and oxygen atoms in total. The van der Waals surface area contributed by atoms with Crippen molar-refractivity contribution in [3.05, 3.63) is 35.7 Å². The summed E-state index contributed by atoms with van der Waals surface area (Å²) in [5.41, 5.74) is 6.93. The molecule has 0 radical (unpaired) electrons. The number of aliphatic carboxylic acids is 2. The fourth-order valence-corrected chi connectivity index (χ4v) is 10.3. The van der Waals surface area contributed by atoms with Gasteiger partial charge in [0.25, 0.3) is 5.91 Å². The number of H-pyrrole nitrogens is 1. The molecule has 0 spiro atoms. The van der Waals surface area contributed by atoms with Gasteiger partial charge in [0.1, 0.15) is 31.1 Å². The van der Waals surface area contributed by atoms with Crippen molar-refractivity contribution in [1.29, 1.82) is 0 Å². The number of carboxylic acid groups (broad SMARTS) is 2. The van der Waals surface area contributed by atoms with Crippen molar-refractivity contribution in [3.63, 3.8) is 0 Å². The number of rotatable bonds is 60. The van der Waals surface area contributed by atoms with Crippen LogP contribution in [0, 0.1) is 5.92 Å². The number of ether oxygens (including phenoxy) is 4. The first-order valence-corrected chi connectivity index (χ1v) is 33.8. The quantitative estimate of drug-likeness (QED) is 0.0416. The molecule has 0 bridgehead atoms. The summed E-state index contributed by atoms with van der Waals surface area (Å²) in [5.74, 6) is -7.67. The molecule has 0 aliphatic carbocycles. The Kier molecular flexibility index (Phi) is 44.5. The number of anilines is 1. The minimum absolute atomic E-state index is 0.00710. The van der Waals surface area contributed by atoms with Crippen molar-refractivity contribution in [2.45, 2.75) is 199 Å². The van der Waals surface area contributed by atoms with Crippen molar-refractivity contribution in [3.8, 4) is 0 Å². The predicted molar refractivity (Wildman–Crippen MR) is 336 cm³/mol. The normalized spacial score (nSPS) is 12.3. The molecule has 1 aromatic carbocycles. The zero-order chi connectivity index (χ0) is 66.7. The Balaban J connectivity index is 1.44. The second-order valence-corrected chi connectivity index (χ2v) is 24.1. The number of hydrogen-bond donors (Lipinski definition) is 10. The molecule has 0 saturated carbocycles. The summed E-state index contributed by atoms with van der Waals surface area (Å²) in [6.45, 7) is 2.96. The zero-order valence-electron chi connectivity index (χ0n) is 53.1. The molecule has 0 aliphatic heterocycles. The average molecular weight is 1310 g/mol.